The maximum atomic E-state index is 12.9. The van der Waals surface area contributed by atoms with Crippen LogP contribution in [0.25, 0.3) is 0 Å². The number of halogens is 3. The standard InChI is InChI=1S/C9H2Cl2FN/c10-7-4-6(2-1-3-13)9(11)8(12)5-7/h4-5H. The van der Waals surface area contributed by atoms with Crippen LogP contribution < -0.4 is 0 Å². The molecule has 0 fully saturated rings. The molecule has 0 aromatic heterocycles. The molecule has 0 amide bonds. The van der Waals surface area contributed by atoms with Gasteiger partial charge >= 0.3 is 0 Å². The molecule has 0 aliphatic heterocycles. The van der Waals surface area contributed by atoms with Crippen molar-refractivity contribution in [2.75, 3.05) is 0 Å². The van der Waals surface area contributed by atoms with Crippen molar-refractivity contribution in [3.05, 3.63) is 33.6 Å². The molecule has 64 valence electrons. The lowest BCUT2D eigenvalue weighted by molar-refractivity contribution is 0.628. The van der Waals surface area contributed by atoms with E-state index >= 15 is 0 Å². The zero-order valence-electron chi connectivity index (χ0n) is 6.24. The lowest BCUT2D eigenvalue weighted by atomic mass is 10.2. The Hall–Kier alpha value is -1.22. The zero-order valence-corrected chi connectivity index (χ0v) is 7.75. The van der Waals surface area contributed by atoms with Crippen LogP contribution >= 0.6 is 23.2 Å². The summed E-state index contributed by atoms with van der Waals surface area (Å²) in [5, 5.41) is 8.24. The summed E-state index contributed by atoms with van der Waals surface area (Å²) in [6.45, 7) is 0. The second-order valence-corrected chi connectivity index (χ2v) is 2.93. The third-order valence-corrected chi connectivity index (χ3v) is 1.85. The van der Waals surface area contributed by atoms with Crippen LogP contribution in [0.15, 0.2) is 12.1 Å². The molecule has 0 N–H and O–H groups in total. The summed E-state index contributed by atoms with van der Waals surface area (Å²) in [6.07, 6.45) is 0. The molecule has 0 aliphatic carbocycles. The van der Waals surface area contributed by atoms with Crippen LogP contribution in [0.1, 0.15) is 5.56 Å². The third kappa shape index (κ3) is 2.36. The van der Waals surface area contributed by atoms with Crippen molar-refractivity contribution in [1.29, 1.82) is 5.26 Å². The highest BCUT2D eigenvalue weighted by Gasteiger charge is 2.05. The number of hydrogen-bond acceptors (Lipinski definition) is 1. The van der Waals surface area contributed by atoms with Gasteiger partial charge < -0.3 is 0 Å². The number of nitrogens with zero attached hydrogens (tertiary/aromatic N) is 1. The molecule has 0 atom stereocenters. The fraction of sp³-hybridized carbons (Fsp3) is 0. The van der Waals surface area contributed by atoms with Crippen LogP contribution in [0.3, 0.4) is 0 Å². The highest BCUT2D eigenvalue weighted by atomic mass is 35.5. The SMILES string of the molecule is N#CC#Cc1cc(Cl)cc(F)c1Cl. The predicted octanol–water partition coefficient (Wildman–Crippen LogP) is 3.01. The summed E-state index contributed by atoms with van der Waals surface area (Å²) in [7, 11) is 0. The Balaban J connectivity index is 3.30. The fourth-order valence-corrected chi connectivity index (χ4v) is 1.10. The lowest BCUT2D eigenvalue weighted by Crippen LogP contribution is -1.83. The van der Waals surface area contributed by atoms with E-state index in [9.17, 15) is 4.39 Å². The van der Waals surface area contributed by atoms with E-state index in [-0.39, 0.29) is 15.6 Å². The lowest BCUT2D eigenvalue weighted by Gasteiger charge is -1.97. The number of benzene rings is 1. The topological polar surface area (TPSA) is 23.8 Å². The molecular formula is C9H2Cl2FN. The Labute approximate surface area is 84.7 Å². The number of nitriles is 1. The van der Waals surface area contributed by atoms with E-state index < -0.39 is 5.82 Å². The molecule has 4 heteroatoms. The van der Waals surface area contributed by atoms with Crippen LogP contribution in [0.2, 0.25) is 10.0 Å². The fourth-order valence-electron chi connectivity index (χ4n) is 0.742. The van der Waals surface area contributed by atoms with Crippen LogP contribution in [-0.4, -0.2) is 0 Å². The van der Waals surface area contributed by atoms with E-state index in [0.717, 1.165) is 6.07 Å². The van der Waals surface area contributed by atoms with Crippen molar-refractivity contribution in [2.24, 2.45) is 0 Å². The molecule has 1 rings (SSSR count). The first-order valence-electron chi connectivity index (χ1n) is 3.20. The van der Waals surface area contributed by atoms with E-state index in [1.807, 2.05) is 0 Å². The minimum atomic E-state index is -0.642. The van der Waals surface area contributed by atoms with Gasteiger partial charge in [-0.1, -0.05) is 23.2 Å². The molecule has 0 spiro atoms. The molecule has 0 saturated heterocycles. The van der Waals surface area contributed by atoms with Gasteiger partial charge in [0.05, 0.1) is 5.02 Å². The van der Waals surface area contributed by atoms with Crippen molar-refractivity contribution in [3.63, 3.8) is 0 Å². The Kier molecular flexibility index (Phi) is 3.14. The first kappa shape index (κ1) is 9.86. The van der Waals surface area contributed by atoms with Crippen LogP contribution in [0, 0.1) is 29.0 Å². The van der Waals surface area contributed by atoms with Crippen molar-refractivity contribution in [2.45, 2.75) is 0 Å². The van der Waals surface area contributed by atoms with Gasteiger partial charge in [-0.2, -0.15) is 5.26 Å². The average Bonchev–Trinajstić information content (AvgIpc) is 2.09. The molecule has 0 saturated carbocycles. The van der Waals surface area contributed by atoms with Crippen LogP contribution in [0.5, 0.6) is 0 Å². The van der Waals surface area contributed by atoms with Gasteiger partial charge in [0, 0.05) is 16.5 Å². The van der Waals surface area contributed by atoms with E-state index in [1.165, 1.54) is 6.07 Å². The molecule has 1 aromatic carbocycles. The summed E-state index contributed by atoms with van der Waals surface area (Å²) < 4.78 is 12.9. The summed E-state index contributed by atoms with van der Waals surface area (Å²) in [5.74, 6) is 3.84. The van der Waals surface area contributed by atoms with Crippen LogP contribution in [-0.2, 0) is 0 Å². The van der Waals surface area contributed by atoms with Crippen LogP contribution in [0.4, 0.5) is 4.39 Å². The van der Waals surface area contributed by atoms with E-state index in [4.69, 9.17) is 28.5 Å². The quantitative estimate of drug-likeness (QED) is 0.481. The Bertz CT molecular complexity index is 437. The second-order valence-electron chi connectivity index (χ2n) is 2.11. The normalized spacial score (nSPS) is 8.46. The summed E-state index contributed by atoms with van der Waals surface area (Å²) in [5.41, 5.74) is 0.216. The van der Waals surface area contributed by atoms with Gasteiger partial charge in [-0.15, -0.1) is 0 Å². The van der Waals surface area contributed by atoms with Gasteiger partial charge in [0.1, 0.15) is 5.82 Å². The molecule has 1 nitrogen and oxygen atoms in total. The molecule has 0 aliphatic rings. The van der Waals surface area contributed by atoms with Gasteiger partial charge in [0.2, 0.25) is 0 Å². The second kappa shape index (κ2) is 4.14. The first-order valence-corrected chi connectivity index (χ1v) is 3.95. The molecule has 0 bridgehead atoms. The van der Waals surface area contributed by atoms with Gasteiger partial charge in [0.25, 0.3) is 0 Å². The van der Waals surface area contributed by atoms with Crippen molar-refractivity contribution in [1.82, 2.24) is 0 Å². The molecule has 0 radical (unpaired) electrons. The maximum Gasteiger partial charge on any atom is 0.152 e. The molecule has 13 heavy (non-hydrogen) atoms. The van der Waals surface area contributed by atoms with Gasteiger partial charge in [-0.05, 0) is 18.1 Å². The van der Waals surface area contributed by atoms with Crippen molar-refractivity contribution in [3.8, 4) is 17.9 Å². The highest BCUT2D eigenvalue weighted by molar-refractivity contribution is 6.34. The largest absolute Gasteiger partial charge is 0.205 e. The Morgan fingerprint density at radius 3 is 2.62 bits per heavy atom. The monoisotopic (exact) mass is 213 g/mol. The summed E-state index contributed by atoms with van der Waals surface area (Å²) in [6, 6.07) is 4.08. The maximum absolute atomic E-state index is 12.9. The Morgan fingerprint density at radius 1 is 1.31 bits per heavy atom. The van der Waals surface area contributed by atoms with Crippen molar-refractivity contribution >= 4 is 23.2 Å². The highest BCUT2D eigenvalue weighted by Crippen LogP contribution is 2.23. The number of rotatable bonds is 0. The minimum absolute atomic E-state index is 0.118. The average molecular weight is 214 g/mol. The molecule has 0 heterocycles. The summed E-state index contributed by atoms with van der Waals surface area (Å²) >= 11 is 11.1. The van der Waals surface area contributed by atoms with Gasteiger partial charge in [-0.3, -0.25) is 0 Å². The van der Waals surface area contributed by atoms with E-state index in [0.29, 0.717) is 0 Å². The minimum Gasteiger partial charge on any atom is -0.205 e. The van der Waals surface area contributed by atoms with E-state index in [1.54, 1.807) is 6.07 Å². The number of hydrogen-bond donors (Lipinski definition) is 0. The molecule has 0 unspecified atom stereocenters. The summed E-state index contributed by atoms with van der Waals surface area (Å²) in [4.78, 5) is 0. The smallest absolute Gasteiger partial charge is 0.152 e. The zero-order chi connectivity index (χ0) is 9.84. The third-order valence-electron chi connectivity index (χ3n) is 1.25. The predicted molar refractivity (Wildman–Crippen MR) is 48.9 cm³/mol. The van der Waals surface area contributed by atoms with Gasteiger partial charge in [-0.25, -0.2) is 4.39 Å². The van der Waals surface area contributed by atoms with Gasteiger partial charge in [0.15, 0.2) is 6.07 Å². The first-order chi connectivity index (χ1) is 6.15. The molecular weight excluding hydrogens is 212 g/mol. The molecule has 1 aromatic rings. The van der Waals surface area contributed by atoms with Crippen molar-refractivity contribution < 1.29 is 4.39 Å². The Morgan fingerprint density at radius 2 is 2.00 bits per heavy atom. The van der Waals surface area contributed by atoms with E-state index in [2.05, 4.69) is 11.8 Å².